The summed E-state index contributed by atoms with van der Waals surface area (Å²) in [6, 6.07) is 48.5. The van der Waals surface area contributed by atoms with E-state index in [0.717, 1.165) is 22.3 Å². The van der Waals surface area contributed by atoms with Crippen LogP contribution in [-0.2, 0) is 0 Å². The summed E-state index contributed by atoms with van der Waals surface area (Å²) in [7, 11) is 0. The zero-order valence-corrected chi connectivity index (χ0v) is 23.9. The Balaban J connectivity index is 1.30. The molecule has 2 aromatic heterocycles. The predicted octanol–water partition coefficient (Wildman–Crippen LogP) is 11.3. The first-order valence-corrected chi connectivity index (χ1v) is 15.2. The maximum Gasteiger partial charge on any atom is 0.111 e. The number of aromatic nitrogens is 2. The molecule has 0 saturated carbocycles. The van der Waals surface area contributed by atoms with E-state index in [1.54, 1.807) is 4.57 Å². The Morgan fingerprint density at radius 1 is 0.558 bits per heavy atom. The number of hydrogen-bond acceptors (Lipinski definition) is 2. The topological polar surface area (TPSA) is 17.8 Å². The van der Waals surface area contributed by atoms with E-state index in [9.17, 15) is 0 Å². The molecule has 2 nitrogen and oxygen atoms in total. The molecule has 0 aliphatic carbocycles. The van der Waals surface area contributed by atoms with Crippen molar-refractivity contribution >= 4 is 64.1 Å². The fraction of sp³-hybridized carbons (Fsp3) is 0.0250. The van der Waals surface area contributed by atoms with Crippen LogP contribution in [0.3, 0.4) is 0 Å². The van der Waals surface area contributed by atoms with Gasteiger partial charge in [-0.2, -0.15) is 0 Å². The van der Waals surface area contributed by atoms with Crippen molar-refractivity contribution in [3.8, 4) is 27.9 Å². The standard InChI is InChI=1S/C40H26N2S/c1-25-41-34-17-7-8-18-35(34)42(25)27-23-21-26(22-24-27)38-28-11-2-4-13-30(28)39(31-14-5-3-12-29(31)38)33-16-10-20-37-40(33)32-15-6-9-19-36(32)43-37/h2-24H,1H3/i1D3. The Morgan fingerprint density at radius 2 is 1.16 bits per heavy atom. The van der Waals surface area contributed by atoms with Gasteiger partial charge >= 0.3 is 0 Å². The van der Waals surface area contributed by atoms with E-state index in [2.05, 4.69) is 108 Å². The number of thiophene rings is 1. The number of nitrogens with zero attached hydrogens (tertiary/aromatic N) is 2. The molecule has 0 saturated heterocycles. The summed E-state index contributed by atoms with van der Waals surface area (Å²) in [5.41, 5.74) is 6.93. The normalized spacial score (nSPS) is 13.2. The van der Waals surface area contributed by atoms with Crippen LogP contribution in [0.15, 0.2) is 140 Å². The molecular formula is C40H26N2S. The molecule has 202 valence electrons. The van der Waals surface area contributed by atoms with Gasteiger partial charge in [0.25, 0.3) is 0 Å². The average Bonchev–Trinajstić information content (AvgIpc) is 3.67. The number of fused-ring (bicyclic) bond motifs is 6. The van der Waals surface area contributed by atoms with Crippen LogP contribution in [0.1, 0.15) is 9.94 Å². The van der Waals surface area contributed by atoms with Crippen molar-refractivity contribution < 1.29 is 4.11 Å². The van der Waals surface area contributed by atoms with Crippen LogP contribution in [0.4, 0.5) is 0 Å². The molecule has 0 spiro atoms. The highest BCUT2D eigenvalue weighted by Crippen LogP contribution is 2.47. The molecule has 9 aromatic rings. The Hall–Kier alpha value is -5.25. The minimum atomic E-state index is -2.35. The molecule has 0 bridgehead atoms. The second kappa shape index (κ2) is 9.38. The molecule has 7 aromatic carbocycles. The third-order valence-corrected chi connectivity index (χ3v) is 9.71. The lowest BCUT2D eigenvalue weighted by molar-refractivity contribution is 1.00. The molecule has 0 atom stereocenters. The van der Waals surface area contributed by atoms with Crippen LogP contribution < -0.4 is 0 Å². The Morgan fingerprint density at radius 3 is 1.88 bits per heavy atom. The van der Waals surface area contributed by atoms with Crippen molar-refractivity contribution in [2.24, 2.45) is 0 Å². The minimum absolute atomic E-state index is 0.0665. The lowest BCUT2D eigenvalue weighted by atomic mass is 9.85. The Kier molecular flexibility index (Phi) is 4.68. The molecule has 0 amide bonds. The number of aryl methyl sites for hydroxylation is 1. The number of benzene rings is 7. The highest BCUT2D eigenvalue weighted by Gasteiger charge is 2.19. The van der Waals surface area contributed by atoms with Gasteiger partial charge in [0, 0.05) is 30.0 Å². The quantitative estimate of drug-likeness (QED) is 0.194. The lowest BCUT2D eigenvalue weighted by Crippen LogP contribution is -1.97. The van der Waals surface area contributed by atoms with Crippen molar-refractivity contribution in [1.82, 2.24) is 9.55 Å². The van der Waals surface area contributed by atoms with E-state index < -0.39 is 6.85 Å². The van der Waals surface area contributed by atoms with Gasteiger partial charge in [0.2, 0.25) is 0 Å². The summed E-state index contributed by atoms with van der Waals surface area (Å²) in [5, 5.41) is 7.35. The molecule has 43 heavy (non-hydrogen) atoms. The summed E-state index contributed by atoms with van der Waals surface area (Å²) in [6.45, 7) is -2.35. The van der Waals surface area contributed by atoms with Crippen LogP contribution >= 0.6 is 11.3 Å². The van der Waals surface area contributed by atoms with E-state index in [1.165, 1.54) is 52.8 Å². The third kappa shape index (κ3) is 3.62. The highest BCUT2D eigenvalue weighted by atomic mass is 32.1. The van der Waals surface area contributed by atoms with Gasteiger partial charge in [0.1, 0.15) is 5.82 Å². The van der Waals surface area contributed by atoms with Crippen LogP contribution in [0.2, 0.25) is 0 Å². The monoisotopic (exact) mass is 569 g/mol. The molecule has 0 aliphatic heterocycles. The van der Waals surface area contributed by atoms with E-state index in [4.69, 9.17) is 4.11 Å². The van der Waals surface area contributed by atoms with Gasteiger partial charge < -0.3 is 0 Å². The van der Waals surface area contributed by atoms with E-state index in [1.807, 2.05) is 47.7 Å². The van der Waals surface area contributed by atoms with Gasteiger partial charge in [-0.3, -0.25) is 4.57 Å². The first kappa shape index (κ1) is 21.5. The molecule has 2 heterocycles. The minimum Gasteiger partial charge on any atom is -0.297 e. The van der Waals surface area contributed by atoms with E-state index in [0.29, 0.717) is 5.52 Å². The van der Waals surface area contributed by atoms with Crippen molar-refractivity contribution in [1.29, 1.82) is 0 Å². The lowest BCUT2D eigenvalue weighted by Gasteiger charge is -2.18. The number of imidazole rings is 1. The Labute approximate surface area is 257 Å². The van der Waals surface area contributed by atoms with Gasteiger partial charge in [-0.15, -0.1) is 11.3 Å². The van der Waals surface area contributed by atoms with Crippen LogP contribution in [-0.4, -0.2) is 9.55 Å². The zero-order valence-electron chi connectivity index (χ0n) is 26.1. The van der Waals surface area contributed by atoms with Gasteiger partial charge in [-0.05, 0) is 87.0 Å². The van der Waals surface area contributed by atoms with Crippen molar-refractivity contribution in [3.63, 3.8) is 0 Å². The molecule has 3 heteroatoms. The number of para-hydroxylation sites is 2. The third-order valence-electron chi connectivity index (χ3n) is 8.58. The molecule has 0 unspecified atom stereocenters. The maximum absolute atomic E-state index is 8.18. The molecule has 0 fully saturated rings. The van der Waals surface area contributed by atoms with Gasteiger partial charge in [0.15, 0.2) is 0 Å². The Bertz CT molecular complexity index is 2570. The first-order chi connectivity index (χ1) is 22.5. The second-order valence-corrected chi connectivity index (χ2v) is 12.0. The first-order valence-electron chi connectivity index (χ1n) is 15.9. The second-order valence-electron chi connectivity index (χ2n) is 10.9. The SMILES string of the molecule is [2H]C([2H])([2H])c1nc2ccccc2n1-c1ccc(-c2c3ccccc3c(-c3cccc4sc5ccccc5c34)c3ccccc23)cc1. The summed E-state index contributed by atoms with van der Waals surface area (Å²) >= 11 is 1.84. The van der Waals surface area contributed by atoms with Crippen LogP contribution in [0.25, 0.3) is 80.7 Å². The summed E-state index contributed by atoms with van der Waals surface area (Å²) in [4.78, 5) is 4.50. The largest absolute Gasteiger partial charge is 0.297 e. The van der Waals surface area contributed by atoms with Gasteiger partial charge in [0.05, 0.1) is 11.0 Å². The molecular weight excluding hydrogens is 541 g/mol. The summed E-state index contributed by atoms with van der Waals surface area (Å²) < 4.78 is 28.9. The van der Waals surface area contributed by atoms with E-state index >= 15 is 0 Å². The van der Waals surface area contributed by atoms with Crippen LogP contribution in [0.5, 0.6) is 0 Å². The molecule has 9 rings (SSSR count). The van der Waals surface area contributed by atoms with E-state index in [-0.39, 0.29) is 5.82 Å². The summed E-state index contributed by atoms with van der Waals surface area (Å²) in [5.74, 6) is 0.0665. The fourth-order valence-corrected chi connectivity index (χ4v) is 7.91. The predicted molar refractivity (Wildman–Crippen MR) is 185 cm³/mol. The number of hydrogen-bond donors (Lipinski definition) is 0. The van der Waals surface area contributed by atoms with Gasteiger partial charge in [-0.1, -0.05) is 103 Å². The average molecular weight is 570 g/mol. The molecule has 0 N–H and O–H groups in total. The molecule has 0 aliphatic rings. The maximum atomic E-state index is 8.18. The fourth-order valence-electron chi connectivity index (χ4n) is 6.78. The highest BCUT2D eigenvalue weighted by molar-refractivity contribution is 7.25. The number of rotatable bonds is 3. The van der Waals surface area contributed by atoms with Crippen molar-refractivity contribution in [2.75, 3.05) is 0 Å². The smallest absolute Gasteiger partial charge is 0.111 e. The summed E-state index contributed by atoms with van der Waals surface area (Å²) in [6.07, 6.45) is 0. The van der Waals surface area contributed by atoms with Crippen LogP contribution in [0, 0.1) is 6.85 Å². The van der Waals surface area contributed by atoms with Crippen molar-refractivity contribution in [2.45, 2.75) is 6.85 Å². The van der Waals surface area contributed by atoms with Crippen molar-refractivity contribution in [3.05, 3.63) is 145 Å². The zero-order chi connectivity index (χ0) is 31.0. The van der Waals surface area contributed by atoms with Gasteiger partial charge in [-0.25, -0.2) is 4.98 Å². The molecule has 0 radical (unpaired) electrons.